The summed E-state index contributed by atoms with van der Waals surface area (Å²) >= 11 is 0. The van der Waals surface area contributed by atoms with Gasteiger partial charge in [-0.15, -0.1) is 10.2 Å². The van der Waals surface area contributed by atoms with Crippen molar-refractivity contribution in [3.63, 3.8) is 0 Å². The summed E-state index contributed by atoms with van der Waals surface area (Å²) in [6.45, 7) is 1.50. The summed E-state index contributed by atoms with van der Waals surface area (Å²) in [4.78, 5) is 22.2. The monoisotopic (exact) mass is 223 g/mol. The van der Waals surface area contributed by atoms with Crippen LogP contribution in [0.15, 0.2) is 12.1 Å². The van der Waals surface area contributed by atoms with Gasteiger partial charge in [0.05, 0.1) is 0 Å². The van der Waals surface area contributed by atoms with E-state index in [0.29, 0.717) is 5.82 Å². The maximum Gasteiger partial charge on any atom is 0.272 e. The van der Waals surface area contributed by atoms with Gasteiger partial charge in [0, 0.05) is 7.05 Å². The van der Waals surface area contributed by atoms with Gasteiger partial charge in [-0.25, -0.2) is 0 Å². The molecule has 0 aliphatic rings. The van der Waals surface area contributed by atoms with Gasteiger partial charge in [0.2, 0.25) is 5.91 Å². The van der Waals surface area contributed by atoms with Gasteiger partial charge in [-0.3, -0.25) is 9.59 Å². The SMILES string of the molecule is CNc1ccc(C(=O)NC(C)C(N)=O)nn1. The highest BCUT2D eigenvalue weighted by Crippen LogP contribution is 2.00. The van der Waals surface area contributed by atoms with E-state index in [-0.39, 0.29) is 5.69 Å². The maximum absolute atomic E-state index is 11.5. The molecule has 1 aromatic rings. The van der Waals surface area contributed by atoms with Crippen molar-refractivity contribution in [3.8, 4) is 0 Å². The molecule has 0 aromatic carbocycles. The van der Waals surface area contributed by atoms with Crippen molar-refractivity contribution in [2.45, 2.75) is 13.0 Å². The first-order valence-electron chi connectivity index (χ1n) is 4.66. The Hall–Kier alpha value is -2.18. The highest BCUT2D eigenvalue weighted by atomic mass is 16.2. The number of aromatic nitrogens is 2. The van der Waals surface area contributed by atoms with Crippen LogP contribution in [-0.2, 0) is 4.79 Å². The number of hydrogen-bond donors (Lipinski definition) is 3. The van der Waals surface area contributed by atoms with Gasteiger partial charge < -0.3 is 16.4 Å². The van der Waals surface area contributed by atoms with E-state index >= 15 is 0 Å². The number of carbonyl (C=O) groups is 2. The molecule has 1 unspecified atom stereocenters. The number of primary amides is 1. The molecule has 0 bridgehead atoms. The molecule has 1 atom stereocenters. The molecule has 0 radical (unpaired) electrons. The number of hydrogen-bond acceptors (Lipinski definition) is 5. The zero-order chi connectivity index (χ0) is 12.1. The van der Waals surface area contributed by atoms with Crippen LogP contribution in [0.2, 0.25) is 0 Å². The van der Waals surface area contributed by atoms with Gasteiger partial charge >= 0.3 is 0 Å². The molecule has 0 saturated heterocycles. The fraction of sp³-hybridized carbons (Fsp3) is 0.333. The number of anilines is 1. The second kappa shape index (κ2) is 5.06. The van der Waals surface area contributed by atoms with Gasteiger partial charge in [-0.2, -0.15) is 0 Å². The molecule has 7 nitrogen and oxygen atoms in total. The second-order valence-electron chi connectivity index (χ2n) is 3.15. The van der Waals surface area contributed by atoms with Crippen molar-refractivity contribution in [1.29, 1.82) is 0 Å². The van der Waals surface area contributed by atoms with Crippen LogP contribution in [0.25, 0.3) is 0 Å². The lowest BCUT2D eigenvalue weighted by atomic mass is 10.3. The molecule has 1 aromatic heterocycles. The van der Waals surface area contributed by atoms with Crippen LogP contribution in [0, 0.1) is 0 Å². The van der Waals surface area contributed by atoms with Crippen LogP contribution < -0.4 is 16.4 Å². The Bertz CT molecular complexity index is 389. The molecule has 0 aliphatic carbocycles. The topological polar surface area (TPSA) is 110 Å². The average molecular weight is 223 g/mol. The van der Waals surface area contributed by atoms with E-state index in [1.165, 1.54) is 13.0 Å². The minimum Gasteiger partial charge on any atom is -0.372 e. The van der Waals surface area contributed by atoms with Gasteiger partial charge in [0.25, 0.3) is 5.91 Å². The zero-order valence-electron chi connectivity index (χ0n) is 9.02. The molecule has 4 N–H and O–H groups in total. The molecule has 0 spiro atoms. The molecule has 2 amide bonds. The van der Waals surface area contributed by atoms with E-state index in [1.54, 1.807) is 13.1 Å². The minimum absolute atomic E-state index is 0.132. The molecule has 1 rings (SSSR count). The summed E-state index contributed by atoms with van der Waals surface area (Å²) in [6.07, 6.45) is 0. The van der Waals surface area contributed by atoms with Crippen LogP contribution in [0.4, 0.5) is 5.82 Å². The molecular weight excluding hydrogens is 210 g/mol. The van der Waals surface area contributed by atoms with Crippen molar-refractivity contribution in [1.82, 2.24) is 15.5 Å². The van der Waals surface area contributed by atoms with Crippen LogP contribution >= 0.6 is 0 Å². The van der Waals surface area contributed by atoms with E-state index < -0.39 is 17.9 Å². The average Bonchev–Trinajstić information content (AvgIpc) is 2.28. The normalized spacial score (nSPS) is 11.6. The van der Waals surface area contributed by atoms with Gasteiger partial charge in [-0.1, -0.05) is 0 Å². The fourth-order valence-corrected chi connectivity index (χ4v) is 0.928. The maximum atomic E-state index is 11.5. The summed E-state index contributed by atoms with van der Waals surface area (Å²) in [7, 11) is 1.69. The minimum atomic E-state index is -0.738. The first-order valence-corrected chi connectivity index (χ1v) is 4.66. The molecule has 86 valence electrons. The number of nitrogens with two attached hydrogens (primary N) is 1. The molecule has 0 aliphatic heterocycles. The smallest absolute Gasteiger partial charge is 0.272 e. The number of rotatable bonds is 4. The number of amides is 2. The highest BCUT2D eigenvalue weighted by Gasteiger charge is 2.14. The quantitative estimate of drug-likeness (QED) is 0.614. The molecular formula is C9H13N5O2. The Morgan fingerprint density at radius 2 is 2.06 bits per heavy atom. The van der Waals surface area contributed by atoms with E-state index in [1.807, 2.05) is 0 Å². The predicted molar refractivity (Wildman–Crippen MR) is 57.7 cm³/mol. The fourth-order valence-electron chi connectivity index (χ4n) is 0.928. The largest absolute Gasteiger partial charge is 0.372 e. The molecule has 16 heavy (non-hydrogen) atoms. The van der Waals surface area contributed by atoms with Crippen LogP contribution in [-0.4, -0.2) is 35.1 Å². The summed E-state index contributed by atoms with van der Waals surface area (Å²) in [5.74, 6) is -0.533. The predicted octanol–water partition coefficient (Wildman–Crippen LogP) is -0.878. The van der Waals surface area contributed by atoms with Crippen molar-refractivity contribution in [3.05, 3.63) is 17.8 Å². The van der Waals surface area contributed by atoms with E-state index in [9.17, 15) is 9.59 Å². The molecule has 7 heteroatoms. The standard InChI is InChI=1S/C9H13N5O2/c1-5(8(10)15)12-9(16)6-3-4-7(11-2)14-13-6/h3-5H,1-2H3,(H2,10,15)(H,11,14)(H,12,16). The highest BCUT2D eigenvalue weighted by molar-refractivity contribution is 5.95. The first-order chi connectivity index (χ1) is 7.54. The van der Waals surface area contributed by atoms with Gasteiger partial charge in [0.15, 0.2) is 5.69 Å². The Labute approximate surface area is 92.4 Å². The third-order valence-corrected chi connectivity index (χ3v) is 1.93. The van der Waals surface area contributed by atoms with Crippen LogP contribution in [0.1, 0.15) is 17.4 Å². The Morgan fingerprint density at radius 1 is 1.38 bits per heavy atom. The van der Waals surface area contributed by atoms with Crippen LogP contribution in [0.5, 0.6) is 0 Å². The zero-order valence-corrected chi connectivity index (χ0v) is 9.02. The van der Waals surface area contributed by atoms with Gasteiger partial charge in [-0.05, 0) is 19.1 Å². The number of nitrogens with one attached hydrogen (secondary N) is 2. The Kier molecular flexibility index (Phi) is 3.76. The third kappa shape index (κ3) is 2.91. The number of nitrogens with zero attached hydrogens (tertiary/aromatic N) is 2. The Balaban J connectivity index is 2.69. The Morgan fingerprint density at radius 3 is 2.50 bits per heavy atom. The van der Waals surface area contributed by atoms with Crippen molar-refractivity contribution in [2.75, 3.05) is 12.4 Å². The summed E-state index contributed by atoms with van der Waals surface area (Å²) in [5, 5.41) is 12.6. The number of carbonyl (C=O) groups excluding carboxylic acids is 2. The summed E-state index contributed by atoms with van der Waals surface area (Å²) in [5.41, 5.74) is 5.14. The second-order valence-corrected chi connectivity index (χ2v) is 3.15. The molecule has 0 fully saturated rings. The lowest BCUT2D eigenvalue weighted by molar-refractivity contribution is -0.119. The van der Waals surface area contributed by atoms with E-state index in [2.05, 4.69) is 20.8 Å². The van der Waals surface area contributed by atoms with Gasteiger partial charge in [0.1, 0.15) is 11.9 Å². The van der Waals surface area contributed by atoms with Crippen molar-refractivity contribution < 1.29 is 9.59 Å². The lowest BCUT2D eigenvalue weighted by Gasteiger charge is -2.09. The first kappa shape index (κ1) is 11.9. The lowest BCUT2D eigenvalue weighted by Crippen LogP contribution is -2.42. The van der Waals surface area contributed by atoms with E-state index in [0.717, 1.165) is 0 Å². The summed E-state index contributed by atoms with van der Waals surface area (Å²) < 4.78 is 0. The van der Waals surface area contributed by atoms with E-state index in [4.69, 9.17) is 5.73 Å². The molecule has 0 saturated carbocycles. The summed E-state index contributed by atoms with van der Waals surface area (Å²) in [6, 6.07) is 2.37. The van der Waals surface area contributed by atoms with Crippen molar-refractivity contribution in [2.24, 2.45) is 5.73 Å². The van der Waals surface area contributed by atoms with Crippen molar-refractivity contribution >= 4 is 17.6 Å². The third-order valence-electron chi connectivity index (χ3n) is 1.93. The van der Waals surface area contributed by atoms with Crippen LogP contribution in [0.3, 0.4) is 0 Å². The molecule has 1 heterocycles.